The molecule has 0 aliphatic carbocycles. The average Bonchev–Trinajstić information content (AvgIpc) is 3.02. The second-order valence-corrected chi connectivity index (χ2v) is 8.44. The number of hydrogen-bond donors (Lipinski definition) is 1. The lowest BCUT2D eigenvalue weighted by Crippen LogP contribution is -2.39. The minimum absolute atomic E-state index is 0.219. The fourth-order valence-electron chi connectivity index (χ4n) is 2.97. The van der Waals surface area contributed by atoms with E-state index in [9.17, 15) is 13.2 Å². The molecule has 3 rings (SSSR count). The third-order valence-electron chi connectivity index (χ3n) is 4.33. The van der Waals surface area contributed by atoms with Gasteiger partial charge in [0, 0.05) is 18.8 Å². The van der Waals surface area contributed by atoms with Crippen LogP contribution in [-0.4, -0.2) is 31.7 Å². The van der Waals surface area contributed by atoms with Crippen molar-refractivity contribution in [2.24, 2.45) is 5.92 Å². The van der Waals surface area contributed by atoms with Crippen molar-refractivity contribution in [1.29, 1.82) is 0 Å². The lowest BCUT2D eigenvalue weighted by molar-refractivity contribution is 0.0995. The number of carbonyl (C=O) groups excluding carboxylic acids is 1. The van der Waals surface area contributed by atoms with Gasteiger partial charge < -0.3 is 9.73 Å². The number of nitrogens with one attached hydrogen (secondary N) is 1. The predicted octanol–water partition coefficient (Wildman–Crippen LogP) is 3.26. The van der Waals surface area contributed by atoms with E-state index in [1.54, 1.807) is 35.5 Å². The monoisotopic (exact) mass is 362 g/mol. The molecule has 0 radical (unpaired) electrons. The van der Waals surface area contributed by atoms with E-state index in [1.807, 2.05) is 0 Å². The zero-order chi connectivity index (χ0) is 18.0. The summed E-state index contributed by atoms with van der Waals surface area (Å²) in [6, 6.07) is 9.54. The Kier molecular flexibility index (Phi) is 4.96. The SMILES string of the molecule is Cc1ccc(C(=O)Nc2ccc(S(=O)(=O)N3CCC[C@H](C)C3)cc2)o1. The molecule has 1 aromatic carbocycles. The van der Waals surface area contributed by atoms with Crippen LogP contribution in [0.5, 0.6) is 0 Å². The van der Waals surface area contributed by atoms with E-state index in [-0.39, 0.29) is 16.6 Å². The lowest BCUT2D eigenvalue weighted by Gasteiger charge is -2.30. The molecule has 1 atom stereocenters. The number of rotatable bonds is 4. The summed E-state index contributed by atoms with van der Waals surface area (Å²) in [6.07, 6.45) is 1.94. The second kappa shape index (κ2) is 7.01. The molecule has 1 saturated heterocycles. The zero-order valence-corrected chi connectivity index (χ0v) is 15.2. The molecule has 134 valence electrons. The maximum atomic E-state index is 12.7. The lowest BCUT2D eigenvalue weighted by atomic mass is 10.0. The first-order valence-electron chi connectivity index (χ1n) is 8.34. The maximum Gasteiger partial charge on any atom is 0.291 e. The van der Waals surface area contributed by atoms with Crippen LogP contribution in [0.1, 0.15) is 36.1 Å². The quantitative estimate of drug-likeness (QED) is 0.905. The smallest absolute Gasteiger partial charge is 0.291 e. The van der Waals surface area contributed by atoms with Gasteiger partial charge in [-0.2, -0.15) is 4.31 Å². The third kappa shape index (κ3) is 3.93. The maximum absolute atomic E-state index is 12.7. The highest BCUT2D eigenvalue weighted by molar-refractivity contribution is 7.89. The molecule has 6 nitrogen and oxygen atoms in total. The Bertz CT molecular complexity index is 855. The van der Waals surface area contributed by atoms with Crippen molar-refractivity contribution in [2.45, 2.75) is 31.6 Å². The summed E-state index contributed by atoms with van der Waals surface area (Å²) in [6.45, 7) is 4.94. The van der Waals surface area contributed by atoms with Crippen LogP contribution >= 0.6 is 0 Å². The van der Waals surface area contributed by atoms with E-state index in [4.69, 9.17) is 4.42 Å². The Balaban J connectivity index is 1.72. The molecular formula is C18H22N2O4S. The fourth-order valence-corrected chi connectivity index (χ4v) is 4.57. The van der Waals surface area contributed by atoms with E-state index in [0.29, 0.717) is 30.5 Å². The molecule has 1 aromatic heterocycles. The normalized spacial score (nSPS) is 18.9. The van der Waals surface area contributed by atoms with Gasteiger partial charge in [0.1, 0.15) is 5.76 Å². The predicted molar refractivity (Wildman–Crippen MR) is 95.0 cm³/mol. The molecule has 0 spiro atoms. The molecule has 25 heavy (non-hydrogen) atoms. The second-order valence-electron chi connectivity index (χ2n) is 6.50. The molecule has 1 amide bonds. The van der Waals surface area contributed by atoms with Crippen LogP contribution in [0.25, 0.3) is 0 Å². The van der Waals surface area contributed by atoms with Gasteiger partial charge in [-0.1, -0.05) is 6.92 Å². The van der Waals surface area contributed by atoms with Crippen molar-refractivity contribution in [3.05, 3.63) is 47.9 Å². The average molecular weight is 362 g/mol. The van der Waals surface area contributed by atoms with Gasteiger partial charge in [-0.05, 0) is 62.1 Å². The number of aryl methyl sites for hydroxylation is 1. The highest BCUT2D eigenvalue weighted by Crippen LogP contribution is 2.24. The number of piperidine rings is 1. The molecule has 0 bridgehead atoms. The first kappa shape index (κ1) is 17.7. The van der Waals surface area contributed by atoms with Crippen LogP contribution in [0.15, 0.2) is 45.7 Å². The van der Waals surface area contributed by atoms with E-state index in [2.05, 4.69) is 12.2 Å². The van der Waals surface area contributed by atoms with Crippen LogP contribution in [0.2, 0.25) is 0 Å². The molecule has 2 aromatic rings. The van der Waals surface area contributed by atoms with Gasteiger partial charge in [-0.3, -0.25) is 4.79 Å². The molecule has 0 saturated carbocycles. The highest BCUT2D eigenvalue weighted by atomic mass is 32.2. The Morgan fingerprint density at radius 3 is 2.52 bits per heavy atom. The number of sulfonamides is 1. The van der Waals surface area contributed by atoms with E-state index >= 15 is 0 Å². The molecule has 1 fully saturated rings. The Hall–Kier alpha value is -2.12. The van der Waals surface area contributed by atoms with Crippen LogP contribution in [0.3, 0.4) is 0 Å². The van der Waals surface area contributed by atoms with E-state index in [1.165, 1.54) is 12.1 Å². The fraction of sp³-hybridized carbons (Fsp3) is 0.389. The number of anilines is 1. The summed E-state index contributed by atoms with van der Waals surface area (Å²) in [5, 5.41) is 2.70. The topological polar surface area (TPSA) is 79.6 Å². The first-order chi connectivity index (χ1) is 11.9. The van der Waals surface area contributed by atoms with Gasteiger partial charge in [0.05, 0.1) is 4.90 Å². The van der Waals surface area contributed by atoms with Crippen LogP contribution < -0.4 is 5.32 Å². The van der Waals surface area contributed by atoms with Crippen molar-refractivity contribution in [3.8, 4) is 0 Å². The van der Waals surface area contributed by atoms with Gasteiger partial charge in [-0.15, -0.1) is 0 Å². The van der Waals surface area contributed by atoms with Gasteiger partial charge in [0.25, 0.3) is 5.91 Å². The molecule has 0 unspecified atom stereocenters. The number of nitrogens with zero attached hydrogens (tertiary/aromatic N) is 1. The molecule has 7 heteroatoms. The highest BCUT2D eigenvalue weighted by Gasteiger charge is 2.28. The number of amides is 1. The summed E-state index contributed by atoms with van der Waals surface area (Å²) >= 11 is 0. The van der Waals surface area contributed by atoms with Crippen molar-refractivity contribution in [3.63, 3.8) is 0 Å². The first-order valence-corrected chi connectivity index (χ1v) is 9.78. The summed E-state index contributed by atoms with van der Waals surface area (Å²) in [7, 11) is -3.49. The Labute approximate surface area is 147 Å². The van der Waals surface area contributed by atoms with Gasteiger partial charge in [0.2, 0.25) is 10.0 Å². The van der Waals surface area contributed by atoms with Crippen LogP contribution in [-0.2, 0) is 10.0 Å². The van der Waals surface area contributed by atoms with Gasteiger partial charge >= 0.3 is 0 Å². The summed E-state index contributed by atoms with van der Waals surface area (Å²) < 4.78 is 32.2. The molecule has 1 N–H and O–H groups in total. The van der Waals surface area contributed by atoms with Crippen LogP contribution in [0.4, 0.5) is 5.69 Å². The van der Waals surface area contributed by atoms with Crippen molar-refractivity contribution < 1.29 is 17.6 Å². The van der Waals surface area contributed by atoms with E-state index in [0.717, 1.165) is 12.8 Å². The molecular weight excluding hydrogens is 340 g/mol. The number of carbonyl (C=O) groups is 1. The standard InChI is InChI=1S/C18H22N2O4S/c1-13-4-3-11-20(12-13)25(22,23)16-8-6-15(7-9-16)19-18(21)17-10-5-14(2)24-17/h5-10,13H,3-4,11-12H2,1-2H3,(H,19,21)/t13-/m0/s1. The Morgan fingerprint density at radius 2 is 1.92 bits per heavy atom. The van der Waals surface area contributed by atoms with Crippen molar-refractivity contribution >= 4 is 21.6 Å². The minimum Gasteiger partial charge on any atom is -0.456 e. The summed E-state index contributed by atoms with van der Waals surface area (Å²) in [5.74, 6) is 0.881. The zero-order valence-electron chi connectivity index (χ0n) is 14.4. The summed E-state index contributed by atoms with van der Waals surface area (Å²) in [4.78, 5) is 12.3. The molecule has 1 aliphatic heterocycles. The van der Waals surface area contributed by atoms with Crippen molar-refractivity contribution in [1.82, 2.24) is 4.31 Å². The van der Waals surface area contributed by atoms with Gasteiger partial charge in [-0.25, -0.2) is 8.42 Å². The number of hydrogen-bond acceptors (Lipinski definition) is 4. The number of benzene rings is 1. The summed E-state index contributed by atoms with van der Waals surface area (Å²) in [5.41, 5.74) is 0.519. The molecule has 2 heterocycles. The van der Waals surface area contributed by atoms with Crippen molar-refractivity contribution in [2.75, 3.05) is 18.4 Å². The number of furan rings is 1. The Morgan fingerprint density at radius 1 is 1.20 bits per heavy atom. The van der Waals surface area contributed by atoms with Crippen LogP contribution in [0, 0.1) is 12.8 Å². The largest absolute Gasteiger partial charge is 0.456 e. The molecule has 1 aliphatic rings. The van der Waals surface area contributed by atoms with Gasteiger partial charge in [0.15, 0.2) is 5.76 Å². The minimum atomic E-state index is -3.49. The third-order valence-corrected chi connectivity index (χ3v) is 6.21. The van der Waals surface area contributed by atoms with E-state index < -0.39 is 10.0 Å².